The van der Waals surface area contributed by atoms with Gasteiger partial charge in [0.15, 0.2) is 34.3 Å². The van der Waals surface area contributed by atoms with Gasteiger partial charge in [0.05, 0.1) is 61.0 Å². The summed E-state index contributed by atoms with van der Waals surface area (Å²) in [6, 6.07) is 14.7. The van der Waals surface area contributed by atoms with Crippen LogP contribution in [0.5, 0.6) is 28.7 Å². The predicted octanol–water partition coefficient (Wildman–Crippen LogP) is 1.23. The van der Waals surface area contributed by atoms with Crippen molar-refractivity contribution >= 4 is 62.2 Å². The van der Waals surface area contributed by atoms with Gasteiger partial charge in [-0.15, -0.1) is 0 Å². The largest absolute Gasteiger partial charge is 1.00 e. The number of carbonyl (C=O) groups is 5. The summed E-state index contributed by atoms with van der Waals surface area (Å²) in [5.74, 6) is -0.349. The molecule has 16 nitrogen and oxygen atoms in total. The second-order valence-corrected chi connectivity index (χ2v) is 16.1. The monoisotopic (exact) mass is 1090 g/mol. The van der Waals surface area contributed by atoms with E-state index >= 15 is 0 Å². The SMILES string of the molecule is COC(=O)C(CCc1cc(OC(C)C)c(OC)cc1Br)(Cc1ccc(OC(C)C)cc1)C(=O)OC.COC(=O)C(CCc1cc(OC(C)C)c(OC)cc1Br)C(=O)OC.O=CO[O-].[H-].[K+].[K+]. The van der Waals surface area contributed by atoms with E-state index < -0.39 is 35.2 Å². The van der Waals surface area contributed by atoms with E-state index in [4.69, 9.17) is 43.2 Å². The molecule has 0 bridgehead atoms. The van der Waals surface area contributed by atoms with Crippen molar-refractivity contribution in [1.29, 1.82) is 0 Å². The van der Waals surface area contributed by atoms with E-state index in [1.807, 2.05) is 84.0 Å². The van der Waals surface area contributed by atoms with Gasteiger partial charge in [-0.25, -0.2) is 0 Å². The zero-order valence-electron chi connectivity index (χ0n) is 40.8. The van der Waals surface area contributed by atoms with Gasteiger partial charge in [0.25, 0.3) is 6.47 Å². The minimum Gasteiger partial charge on any atom is -1.00 e. The van der Waals surface area contributed by atoms with E-state index in [1.165, 1.54) is 28.4 Å². The van der Waals surface area contributed by atoms with Gasteiger partial charge < -0.3 is 54.2 Å². The molecular weight excluding hydrogens is 1030 g/mol. The standard InChI is InChI=1S/C27H35BrO7.C17H23BrO6.CH2O3.2K.H/c1-17(2)34-21-10-8-19(9-11-21)16-27(25(29)32-6,26(30)33-7)13-12-20-14-24(35-18(3)4)23(31-5)15-22(20)28;1-10(2)24-15-8-11(13(18)9-14(15)21-3)6-7-12(16(19)22-4)17(20)23-5;2-1-4-3;;;/h8-11,14-15,17-18H,12-13,16H2,1-7H3;8-10,12H,6-7H2,1-5H3;1,3H;;;/q;;;2*+1;-1/p-1. The predicted molar refractivity (Wildman–Crippen MR) is 238 cm³/mol. The number of aryl methyl sites for hydroxylation is 2. The fraction of sp³-hybridized carbons (Fsp3) is 0.489. The average molecular weight is 1090 g/mol. The first kappa shape index (κ1) is 65.3. The second kappa shape index (κ2) is 34.5. The van der Waals surface area contributed by atoms with Crippen molar-refractivity contribution in [3.8, 4) is 28.7 Å². The third-order valence-corrected chi connectivity index (χ3v) is 10.4. The molecule has 0 aliphatic heterocycles. The molecule has 0 radical (unpaired) electrons. The quantitative estimate of drug-likeness (QED) is 0.0281. The molecule has 0 saturated carbocycles. The number of rotatable bonds is 21. The Kier molecular flexibility index (Phi) is 34.6. The molecule has 0 amide bonds. The zero-order valence-corrected chi connectivity index (χ0v) is 49.2. The summed E-state index contributed by atoms with van der Waals surface area (Å²) in [6.45, 7) is 11.4. The molecule has 3 aromatic rings. The molecule has 0 saturated heterocycles. The van der Waals surface area contributed by atoms with Gasteiger partial charge in [0.1, 0.15) is 5.75 Å². The minimum absolute atomic E-state index is 0. The van der Waals surface area contributed by atoms with E-state index in [0.29, 0.717) is 41.6 Å². The third kappa shape index (κ3) is 22.0. The third-order valence-electron chi connectivity index (χ3n) is 8.88. The topological polar surface area (TPSA) is 201 Å². The van der Waals surface area contributed by atoms with Gasteiger partial charge in [-0.1, -0.05) is 44.0 Å². The van der Waals surface area contributed by atoms with Crippen molar-refractivity contribution in [2.75, 3.05) is 42.7 Å². The molecule has 0 aliphatic carbocycles. The number of ether oxygens (including phenoxy) is 9. The summed E-state index contributed by atoms with van der Waals surface area (Å²) >= 11 is 7.06. The van der Waals surface area contributed by atoms with Crippen molar-refractivity contribution in [2.45, 2.75) is 92.0 Å². The Labute approximate surface area is 485 Å². The van der Waals surface area contributed by atoms with Crippen LogP contribution in [-0.2, 0) is 67.1 Å². The van der Waals surface area contributed by atoms with E-state index in [2.05, 4.69) is 46.2 Å². The van der Waals surface area contributed by atoms with Crippen LogP contribution in [0.4, 0.5) is 0 Å². The molecule has 0 heterocycles. The first-order valence-electron chi connectivity index (χ1n) is 19.7. The van der Waals surface area contributed by atoms with E-state index in [1.54, 1.807) is 20.3 Å². The first-order chi connectivity index (χ1) is 29.8. The zero-order chi connectivity index (χ0) is 47.9. The first-order valence-corrected chi connectivity index (χ1v) is 21.3. The molecule has 0 N–H and O–H groups in total. The number of hydrogen-bond acceptors (Lipinski definition) is 16. The molecule has 352 valence electrons. The number of carbonyl (C=O) groups excluding carboxylic acids is 5. The second-order valence-electron chi connectivity index (χ2n) is 14.4. The Morgan fingerprint density at radius 2 is 1.03 bits per heavy atom. The van der Waals surface area contributed by atoms with Crippen LogP contribution in [0.15, 0.2) is 57.5 Å². The fourth-order valence-electron chi connectivity index (χ4n) is 6.03. The number of methoxy groups -OCH3 is 6. The van der Waals surface area contributed by atoms with Crippen molar-refractivity contribution in [1.82, 2.24) is 0 Å². The van der Waals surface area contributed by atoms with Crippen molar-refractivity contribution < 1.29 is 181 Å². The van der Waals surface area contributed by atoms with Crippen molar-refractivity contribution in [3.05, 3.63) is 74.2 Å². The summed E-state index contributed by atoms with van der Waals surface area (Å²) < 4.78 is 49.2. The summed E-state index contributed by atoms with van der Waals surface area (Å²) in [5.41, 5.74) is 1.01. The number of esters is 4. The number of halogens is 2. The van der Waals surface area contributed by atoms with Crippen LogP contribution in [0.3, 0.4) is 0 Å². The molecule has 3 rings (SSSR count). The van der Waals surface area contributed by atoms with Gasteiger partial charge in [0.2, 0.25) is 0 Å². The molecule has 3 aromatic carbocycles. The van der Waals surface area contributed by atoms with Crippen LogP contribution >= 0.6 is 31.9 Å². The summed E-state index contributed by atoms with van der Waals surface area (Å²) in [6.07, 6.45) is 1.39. The van der Waals surface area contributed by atoms with Crippen LogP contribution in [0.25, 0.3) is 0 Å². The molecule has 20 heteroatoms. The van der Waals surface area contributed by atoms with Crippen molar-refractivity contribution in [3.63, 3.8) is 0 Å². The van der Waals surface area contributed by atoms with Gasteiger partial charge in [-0.05, 0) is 127 Å². The van der Waals surface area contributed by atoms with Crippen LogP contribution < -0.4 is 132 Å². The van der Waals surface area contributed by atoms with E-state index in [9.17, 15) is 19.2 Å². The molecular formula is C45H60Br2K2O16. The molecule has 0 aromatic heterocycles. The minimum atomic E-state index is -1.53. The van der Waals surface area contributed by atoms with Crippen LogP contribution in [0.2, 0.25) is 0 Å². The van der Waals surface area contributed by atoms with Crippen LogP contribution in [-0.4, -0.2) is 91.3 Å². The Morgan fingerprint density at radius 1 is 0.631 bits per heavy atom. The Morgan fingerprint density at radius 3 is 1.37 bits per heavy atom. The molecule has 0 spiro atoms. The normalized spacial score (nSPS) is 10.4. The maximum absolute atomic E-state index is 13.1. The van der Waals surface area contributed by atoms with Gasteiger partial charge in [-0.2, -0.15) is 0 Å². The van der Waals surface area contributed by atoms with Gasteiger partial charge in [-0.3, -0.25) is 24.0 Å². The van der Waals surface area contributed by atoms with Gasteiger partial charge >= 0.3 is 127 Å². The molecule has 0 atom stereocenters. The van der Waals surface area contributed by atoms with E-state index in [-0.39, 0.29) is 148 Å². The Balaban J connectivity index is -0.00000112. The summed E-state index contributed by atoms with van der Waals surface area (Å²) in [5, 5.41) is 8.43. The Bertz CT molecular complexity index is 1900. The number of hydrogen-bond donors (Lipinski definition) is 0. The van der Waals surface area contributed by atoms with Gasteiger partial charge in [0, 0.05) is 8.95 Å². The smallest absolute Gasteiger partial charge is 1.00 e. The van der Waals surface area contributed by atoms with E-state index in [0.717, 1.165) is 25.6 Å². The summed E-state index contributed by atoms with van der Waals surface area (Å²) in [4.78, 5) is 60.9. The molecule has 0 unspecified atom stereocenters. The van der Waals surface area contributed by atoms with Crippen LogP contribution in [0.1, 0.15) is 72.5 Å². The summed E-state index contributed by atoms with van der Waals surface area (Å²) in [7, 11) is 8.19. The number of benzene rings is 3. The van der Waals surface area contributed by atoms with Crippen LogP contribution in [0, 0.1) is 11.3 Å². The molecule has 0 aliphatic rings. The fourth-order valence-corrected chi connectivity index (χ4v) is 7.07. The molecule has 65 heavy (non-hydrogen) atoms. The Hall–Kier alpha value is -1.80. The molecule has 0 fully saturated rings. The maximum atomic E-state index is 13.1. The average Bonchev–Trinajstić information content (AvgIpc) is 3.26. The maximum Gasteiger partial charge on any atom is 1.00 e. The van der Waals surface area contributed by atoms with Crippen molar-refractivity contribution in [2.24, 2.45) is 11.3 Å².